The molecule has 1 aliphatic rings. The minimum Gasteiger partial charge on any atom is -0.367 e. The number of likely N-dealkylation sites (N-methyl/N-ethyl adjacent to an activating group) is 1. The van der Waals surface area contributed by atoms with Crippen LogP contribution in [0.2, 0.25) is 0 Å². The molecular weight excluding hydrogens is 234 g/mol. The van der Waals surface area contributed by atoms with Gasteiger partial charge in [-0.2, -0.15) is 0 Å². The Morgan fingerprint density at radius 2 is 2.00 bits per heavy atom. The van der Waals surface area contributed by atoms with E-state index in [1.165, 1.54) is 23.2 Å². The molecule has 3 nitrogen and oxygen atoms in total. The summed E-state index contributed by atoms with van der Waals surface area (Å²) < 4.78 is 0. The molecule has 106 valence electrons. The third-order valence-corrected chi connectivity index (χ3v) is 4.56. The second-order valence-corrected chi connectivity index (χ2v) is 5.93. The Morgan fingerprint density at radius 1 is 1.26 bits per heavy atom. The molecule has 1 heterocycles. The van der Waals surface area contributed by atoms with E-state index >= 15 is 0 Å². The first-order valence-electron chi connectivity index (χ1n) is 7.27. The third kappa shape index (κ3) is 3.10. The molecule has 1 aromatic rings. The predicted molar refractivity (Wildman–Crippen MR) is 82.8 cm³/mol. The molecule has 3 heteroatoms. The van der Waals surface area contributed by atoms with Crippen molar-refractivity contribution in [2.45, 2.75) is 39.3 Å². The summed E-state index contributed by atoms with van der Waals surface area (Å²) in [6.45, 7) is 9.56. The number of anilines is 1. The van der Waals surface area contributed by atoms with E-state index in [4.69, 9.17) is 5.73 Å². The van der Waals surface area contributed by atoms with Crippen LogP contribution in [-0.4, -0.2) is 43.7 Å². The molecule has 1 saturated heterocycles. The predicted octanol–water partition coefficient (Wildman–Crippen LogP) is 2.16. The molecule has 2 N–H and O–H groups in total. The van der Waals surface area contributed by atoms with E-state index in [9.17, 15) is 0 Å². The van der Waals surface area contributed by atoms with E-state index in [-0.39, 0.29) is 0 Å². The highest BCUT2D eigenvalue weighted by Crippen LogP contribution is 2.24. The second-order valence-electron chi connectivity index (χ2n) is 5.93. The molecule has 0 amide bonds. The zero-order valence-corrected chi connectivity index (χ0v) is 12.7. The zero-order valence-electron chi connectivity index (χ0n) is 12.7. The Bertz CT molecular complexity index is 430. The van der Waals surface area contributed by atoms with Gasteiger partial charge < -0.3 is 15.5 Å². The molecule has 2 atom stereocenters. The average molecular weight is 261 g/mol. The van der Waals surface area contributed by atoms with Crippen molar-refractivity contribution in [1.82, 2.24) is 4.90 Å². The second kappa shape index (κ2) is 5.93. The van der Waals surface area contributed by atoms with Crippen molar-refractivity contribution in [3.8, 4) is 0 Å². The van der Waals surface area contributed by atoms with Gasteiger partial charge in [-0.05, 0) is 57.5 Å². The van der Waals surface area contributed by atoms with Crippen molar-refractivity contribution < 1.29 is 0 Å². The first kappa shape index (κ1) is 14.4. The smallest absolute Gasteiger partial charge is 0.0390 e. The maximum absolute atomic E-state index is 5.93. The summed E-state index contributed by atoms with van der Waals surface area (Å²) in [5.41, 5.74) is 10.00. The van der Waals surface area contributed by atoms with Gasteiger partial charge in [0.15, 0.2) is 0 Å². The zero-order chi connectivity index (χ0) is 14.0. The van der Waals surface area contributed by atoms with E-state index in [1.807, 2.05) is 0 Å². The monoisotopic (exact) mass is 261 g/mol. The molecule has 1 aromatic carbocycles. The minimum absolute atomic E-state index is 0.451. The summed E-state index contributed by atoms with van der Waals surface area (Å²) in [4.78, 5) is 4.92. The number of rotatable bonds is 2. The van der Waals surface area contributed by atoms with Gasteiger partial charge in [-0.1, -0.05) is 6.07 Å². The summed E-state index contributed by atoms with van der Waals surface area (Å²) in [6, 6.07) is 7.80. The van der Waals surface area contributed by atoms with E-state index in [2.05, 4.69) is 55.8 Å². The lowest BCUT2D eigenvalue weighted by atomic mass is 10.1. The standard InChI is InChI=1S/C16H27N3/c1-12-5-6-15(9-13(12)2)19-11-16(10-17)18(4)8-7-14(19)3/h5-6,9,14,16H,7-8,10-11,17H2,1-4H3. The lowest BCUT2D eigenvalue weighted by Gasteiger charge is -2.32. The van der Waals surface area contributed by atoms with Gasteiger partial charge in [-0.3, -0.25) is 0 Å². The van der Waals surface area contributed by atoms with Crippen molar-refractivity contribution in [2.75, 3.05) is 31.6 Å². The molecule has 0 radical (unpaired) electrons. The summed E-state index contributed by atoms with van der Waals surface area (Å²) in [5.74, 6) is 0. The van der Waals surface area contributed by atoms with Crippen molar-refractivity contribution in [3.63, 3.8) is 0 Å². The highest BCUT2D eigenvalue weighted by atomic mass is 15.3. The van der Waals surface area contributed by atoms with Crippen molar-refractivity contribution in [1.29, 1.82) is 0 Å². The van der Waals surface area contributed by atoms with Crippen LogP contribution in [0.3, 0.4) is 0 Å². The molecule has 0 saturated carbocycles. The van der Waals surface area contributed by atoms with Gasteiger partial charge >= 0.3 is 0 Å². The Balaban J connectivity index is 2.27. The van der Waals surface area contributed by atoms with Gasteiger partial charge in [-0.15, -0.1) is 0 Å². The van der Waals surface area contributed by atoms with Crippen molar-refractivity contribution >= 4 is 5.69 Å². The highest BCUT2D eigenvalue weighted by molar-refractivity contribution is 5.51. The van der Waals surface area contributed by atoms with E-state index in [1.54, 1.807) is 0 Å². The largest absolute Gasteiger partial charge is 0.367 e. The third-order valence-electron chi connectivity index (χ3n) is 4.56. The summed E-state index contributed by atoms with van der Waals surface area (Å²) >= 11 is 0. The van der Waals surface area contributed by atoms with E-state index in [0.29, 0.717) is 12.1 Å². The van der Waals surface area contributed by atoms with Gasteiger partial charge in [0, 0.05) is 37.4 Å². The van der Waals surface area contributed by atoms with Gasteiger partial charge in [-0.25, -0.2) is 0 Å². The molecule has 1 aliphatic heterocycles. The quantitative estimate of drug-likeness (QED) is 0.885. The molecule has 0 spiro atoms. The fourth-order valence-corrected chi connectivity index (χ4v) is 2.79. The Kier molecular flexibility index (Phi) is 4.48. The molecular formula is C16H27N3. The minimum atomic E-state index is 0.451. The van der Waals surface area contributed by atoms with Crippen LogP contribution in [0.1, 0.15) is 24.5 Å². The van der Waals surface area contributed by atoms with Crippen LogP contribution in [-0.2, 0) is 0 Å². The molecule has 0 aromatic heterocycles. The topological polar surface area (TPSA) is 32.5 Å². The van der Waals surface area contributed by atoms with E-state index < -0.39 is 0 Å². The van der Waals surface area contributed by atoms with Crippen LogP contribution in [0.5, 0.6) is 0 Å². The van der Waals surface area contributed by atoms with Gasteiger partial charge in [0.2, 0.25) is 0 Å². The molecule has 0 bridgehead atoms. The lowest BCUT2D eigenvalue weighted by molar-refractivity contribution is 0.265. The van der Waals surface area contributed by atoms with Crippen LogP contribution in [0.4, 0.5) is 5.69 Å². The number of hydrogen-bond donors (Lipinski definition) is 1. The van der Waals surface area contributed by atoms with Crippen LogP contribution < -0.4 is 10.6 Å². The lowest BCUT2D eigenvalue weighted by Crippen LogP contribution is -2.45. The summed E-state index contributed by atoms with van der Waals surface area (Å²) in [7, 11) is 2.19. The maximum Gasteiger partial charge on any atom is 0.0390 e. The Morgan fingerprint density at radius 3 is 2.63 bits per heavy atom. The van der Waals surface area contributed by atoms with Gasteiger partial charge in [0.05, 0.1) is 0 Å². The molecule has 1 fully saturated rings. The number of benzene rings is 1. The number of nitrogens with two attached hydrogens (primary N) is 1. The SMILES string of the molecule is Cc1ccc(N2CC(CN)N(C)CCC2C)cc1C. The van der Waals surface area contributed by atoms with Crippen LogP contribution in [0, 0.1) is 13.8 Å². The first-order chi connectivity index (χ1) is 9.02. The van der Waals surface area contributed by atoms with Gasteiger partial charge in [0.25, 0.3) is 0 Å². The molecule has 19 heavy (non-hydrogen) atoms. The Hall–Kier alpha value is -1.06. The average Bonchev–Trinajstić information content (AvgIpc) is 2.53. The summed E-state index contributed by atoms with van der Waals surface area (Å²) in [6.07, 6.45) is 1.19. The molecule has 2 rings (SSSR count). The van der Waals surface area contributed by atoms with Crippen molar-refractivity contribution in [2.24, 2.45) is 5.73 Å². The van der Waals surface area contributed by atoms with Crippen LogP contribution in [0.25, 0.3) is 0 Å². The van der Waals surface area contributed by atoms with Crippen LogP contribution in [0.15, 0.2) is 18.2 Å². The van der Waals surface area contributed by atoms with E-state index in [0.717, 1.165) is 19.6 Å². The molecule has 0 aliphatic carbocycles. The fourth-order valence-electron chi connectivity index (χ4n) is 2.79. The van der Waals surface area contributed by atoms with Crippen LogP contribution >= 0.6 is 0 Å². The molecule has 2 unspecified atom stereocenters. The Labute approximate surface area is 117 Å². The summed E-state index contributed by atoms with van der Waals surface area (Å²) in [5, 5.41) is 0. The first-order valence-corrected chi connectivity index (χ1v) is 7.27. The fraction of sp³-hybridized carbons (Fsp3) is 0.625. The number of aryl methyl sites for hydroxylation is 2. The van der Waals surface area contributed by atoms with Gasteiger partial charge in [0.1, 0.15) is 0 Å². The maximum atomic E-state index is 5.93. The normalized spacial score (nSPS) is 25.4. The highest BCUT2D eigenvalue weighted by Gasteiger charge is 2.25. The number of hydrogen-bond acceptors (Lipinski definition) is 3. The van der Waals surface area contributed by atoms with Crippen molar-refractivity contribution in [3.05, 3.63) is 29.3 Å². The number of nitrogens with zero attached hydrogens (tertiary/aromatic N) is 2.